The van der Waals surface area contributed by atoms with Gasteiger partial charge in [0.25, 0.3) is 10.2 Å². The van der Waals surface area contributed by atoms with E-state index in [0.717, 1.165) is 25.7 Å². The zero-order chi connectivity index (χ0) is 15.9. The van der Waals surface area contributed by atoms with Gasteiger partial charge in [-0.3, -0.25) is 4.79 Å². The monoisotopic (exact) mass is 320 g/mol. The lowest BCUT2D eigenvalue weighted by atomic mass is 10.1. The number of unbranched alkanes of at least 4 members (excludes halogenated alkanes) is 3. The Bertz CT molecular complexity index is 417. The Morgan fingerprint density at radius 1 is 1.05 bits per heavy atom. The minimum atomic E-state index is -3.36. The standard InChI is InChI=1S/C13H28N4O3S/c1-15(2)21(19,20)17-11-9-16(10-12-17)13(18)7-5-3-4-6-8-14/h3-12,14H2,1-2H3. The Morgan fingerprint density at radius 3 is 2.14 bits per heavy atom. The summed E-state index contributed by atoms with van der Waals surface area (Å²) in [6.45, 7) is 2.42. The molecule has 7 nitrogen and oxygen atoms in total. The van der Waals surface area contributed by atoms with E-state index in [-0.39, 0.29) is 5.91 Å². The van der Waals surface area contributed by atoms with Gasteiger partial charge in [0.2, 0.25) is 5.91 Å². The molecular weight excluding hydrogens is 292 g/mol. The van der Waals surface area contributed by atoms with Gasteiger partial charge in [-0.25, -0.2) is 0 Å². The molecule has 0 bridgehead atoms. The number of rotatable bonds is 8. The van der Waals surface area contributed by atoms with Gasteiger partial charge in [0.05, 0.1) is 0 Å². The van der Waals surface area contributed by atoms with Crippen molar-refractivity contribution < 1.29 is 13.2 Å². The number of nitrogens with zero attached hydrogens (tertiary/aromatic N) is 3. The Morgan fingerprint density at radius 2 is 1.62 bits per heavy atom. The minimum Gasteiger partial charge on any atom is -0.340 e. The van der Waals surface area contributed by atoms with Crippen LogP contribution in [0, 0.1) is 0 Å². The summed E-state index contributed by atoms with van der Waals surface area (Å²) in [5, 5.41) is 0. The Kier molecular flexibility index (Phi) is 7.58. The molecule has 0 aliphatic carbocycles. The summed E-state index contributed by atoms with van der Waals surface area (Å²) in [7, 11) is -0.315. The first-order valence-corrected chi connectivity index (χ1v) is 8.94. The average molecular weight is 320 g/mol. The van der Waals surface area contributed by atoms with Crippen LogP contribution in [0.4, 0.5) is 0 Å². The second-order valence-corrected chi connectivity index (χ2v) is 7.67. The van der Waals surface area contributed by atoms with E-state index in [1.165, 1.54) is 22.7 Å². The summed E-state index contributed by atoms with van der Waals surface area (Å²) in [5.41, 5.74) is 5.42. The number of amides is 1. The van der Waals surface area contributed by atoms with Crippen LogP contribution in [0.1, 0.15) is 32.1 Å². The smallest absolute Gasteiger partial charge is 0.281 e. The molecule has 1 saturated heterocycles. The van der Waals surface area contributed by atoms with Gasteiger partial charge in [-0.1, -0.05) is 12.8 Å². The molecule has 1 heterocycles. The first-order chi connectivity index (χ1) is 9.89. The number of piperazine rings is 1. The first-order valence-electron chi connectivity index (χ1n) is 7.55. The van der Waals surface area contributed by atoms with Crippen molar-refractivity contribution >= 4 is 16.1 Å². The van der Waals surface area contributed by atoms with Crippen LogP contribution < -0.4 is 5.73 Å². The number of nitrogens with two attached hydrogens (primary N) is 1. The van der Waals surface area contributed by atoms with Crippen molar-refractivity contribution in [3.05, 3.63) is 0 Å². The maximum Gasteiger partial charge on any atom is 0.281 e. The van der Waals surface area contributed by atoms with E-state index in [9.17, 15) is 13.2 Å². The van der Waals surface area contributed by atoms with Crippen molar-refractivity contribution in [1.82, 2.24) is 13.5 Å². The zero-order valence-corrected chi connectivity index (χ0v) is 13.9. The molecule has 0 spiro atoms. The van der Waals surface area contributed by atoms with E-state index in [0.29, 0.717) is 39.1 Å². The topological polar surface area (TPSA) is 87.0 Å². The number of carbonyl (C=O) groups excluding carboxylic acids is 1. The number of hydrogen-bond acceptors (Lipinski definition) is 4. The summed E-state index contributed by atoms with van der Waals surface area (Å²) < 4.78 is 26.6. The second kappa shape index (κ2) is 8.67. The molecular formula is C13H28N4O3S. The summed E-state index contributed by atoms with van der Waals surface area (Å²) >= 11 is 0. The van der Waals surface area contributed by atoms with E-state index in [1.807, 2.05) is 0 Å². The molecule has 21 heavy (non-hydrogen) atoms. The van der Waals surface area contributed by atoms with Gasteiger partial charge in [-0.2, -0.15) is 17.0 Å². The molecule has 1 aliphatic heterocycles. The van der Waals surface area contributed by atoms with Crippen LogP contribution in [0.25, 0.3) is 0 Å². The maximum atomic E-state index is 12.0. The van der Waals surface area contributed by atoms with Gasteiger partial charge >= 0.3 is 0 Å². The molecule has 2 N–H and O–H groups in total. The molecule has 1 rings (SSSR count). The fourth-order valence-corrected chi connectivity index (χ4v) is 3.42. The zero-order valence-electron chi connectivity index (χ0n) is 13.1. The van der Waals surface area contributed by atoms with Crippen molar-refractivity contribution in [1.29, 1.82) is 0 Å². The van der Waals surface area contributed by atoms with E-state index in [2.05, 4.69) is 0 Å². The van der Waals surface area contributed by atoms with Gasteiger partial charge in [-0.15, -0.1) is 0 Å². The molecule has 0 aromatic carbocycles. The predicted molar refractivity (Wildman–Crippen MR) is 82.9 cm³/mol. The van der Waals surface area contributed by atoms with Gasteiger partial charge in [-0.05, 0) is 19.4 Å². The van der Waals surface area contributed by atoms with Crippen LogP contribution >= 0.6 is 0 Å². The summed E-state index contributed by atoms with van der Waals surface area (Å²) in [5.74, 6) is 0.129. The van der Waals surface area contributed by atoms with Crippen molar-refractivity contribution in [2.75, 3.05) is 46.8 Å². The highest BCUT2D eigenvalue weighted by Crippen LogP contribution is 2.12. The maximum absolute atomic E-state index is 12.0. The molecule has 1 amide bonds. The van der Waals surface area contributed by atoms with E-state index in [1.54, 1.807) is 4.90 Å². The lowest BCUT2D eigenvalue weighted by molar-refractivity contribution is -0.132. The molecule has 0 aromatic heterocycles. The highest BCUT2D eigenvalue weighted by molar-refractivity contribution is 7.86. The SMILES string of the molecule is CN(C)S(=O)(=O)N1CCN(C(=O)CCCCCCN)CC1. The van der Waals surface area contributed by atoms with Gasteiger partial charge < -0.3 is 10.6 Å². The van der Waals surface area contributed by atoms with Crippen LogP contribution in [0.15, 0.2) is 0 Å². The van der Waals surface area contributed by atoms with Gasteiger partial charge in [0.15, 0.2) is 0 Å². The van der Waals surface area contributed by atoms with Crippen molar-refractivity contribution in [2.45, 2.75) is 32.1 Å². The van der Waals surface area contributed by atoms with Gasteiger partial charge in [0.1, 0.15) is 0 Å². The second-order valence-electron chi connectivity index (χ2n) is 5.52. The molecule has 0 aromatic rings. The van der Waals surface area contributed by atoms with E-state index < -0.39 is 10.2 Å². The van der Waals surface area contributed by atoms with Gasteiger partial charge in [0, 0.05) is 46.7 Å². The van der Waals surface area contributed by atoms with Crippen LogP contribution in [0.3, 0.4) is 0 Å². The quantitative estimate of drug-likeness (QED) is 0.630. The molecule has 1 aliphatic rings. The molecule has 0 unspecified atom stereocenters. The van der Waals surface area contributed by atoms with Crippen LogP contribution in [0.2, 0.25) is 0 Å². The normalized spacial score (nSPS) is 17.4. The first kappa shape index (κ1) is 18.3. The fraction of sp³-hybridized carbons (Fsp3) is 0.923. The third-order valence-corrected chi connectivity index (χ3v) is 5.66. The fourth-order valence-electron chi connectivity index (χ4n) is 2.33. The molecule has 0 atom stereocenters. The predicted octanol–water partition coefficient (Wildman–Crippen LogP) is -0.154. The largest absolute Gasteiger partial charge is 0.340 e. The molecule has 8 heteroatoms. The van der Waals surface area contributed by atoms with Crippen LogP contribution in [-0.2, 0) is 15.0 Å². The lowest BCUT2D eigenvalue weighted by Crippen LogP contribution is -2.53. The summed E-state index contributed by atoms with van der Waals surface area (Å²) in [6, 6.07) is 0. The van der Waals surface area contributed by atoms with Crippen LogP contribution in [-0.4, -0.2) is 74.7 Å². The molecule has 1 fully saturated rings. The average Bonchev–Trinajstić information content (AvgIpc) is 2.46. The van der Waals surface area contributed by atoms with Crippen molar-refractivity contribution in [3.8, 4) is 0 Å². The Labute approximate surface area is 128 Å². The van der Waals surface area contributed by atoms with Crippen LogP contribution in [0.5, 0.6) is 0 Å². The number of hydrogen-bond donors (Lipinski definition) is 1. The number of carbonyl (C=O) groups is 1. The molecule has 124 valence electrons. The summed E-state index contributed by atoms with van der Waals surface area (Å²) in [6.07, 6.45) is 4.53. The van der Waals surface area contributed by atoms with Crippen molar-refractivity contribution in [3.63, 3.8) is 0 Å². The third kappa shape index (κ3) is 5.54. The lowest BCUT2D eigenvalue weighted by Gasteiger charge is -2.35. The Balaban J connectivity index is 2.31. The summed E-state index contributed by atoms with van der Waals surface area (Å²) in [4.78, 5) is 13.8. The Hall–Kier alpha value is -0.700. The third-order valence-electron chi connectivity index (χ3n) is 3.72. The molecule has 0 saturated carbocycles. The highest BCUT2D eigenvalue weighted by Gasteiger charge is 2.29. The van der Waals surface area contributed by atoms with E-state index in [4.69, 9.17) is 5.73 Å². The highest BCUT2D eigenvalue weighted by atomic mass is 32.2. The van der Waals surface area contributed by atoms with Crippen molar-refractivity contribution in [2.24, 2.45) is 5.73 Å². The molecule has 0 radical (unpaired) electrons. The van der Waals surface area contributed by atoms with E-state index >= 15 is 0 Å². The minimum absolute atomic E-state index is 0.129.